The van der Waals surface area contributed by atoms with Crippen LogP contribution in [0.25, 0.3) is 0 Å². The number of nitrogens with zero attached hydrogens (tertiary/aromatic N) is 4. The molecule has 2 aromatic heterocycles. The average Bonchev–Trinajstić information content (AvgIpc) is 3.11. The third kappa shape index (κ3) is 5.15. The van der Waals surface area contributed by atoms with Crippen molar-refractivity contribution in [3.63, 3.8) is 0 Å². The van der Waals surface area contributed by atoms with Crippen LogP contribution in [0.15, 0.2) is 47.3 Å². The molecule has 0 saturated carbocycles. The van der Waals surface area contributed by atoms with E-state index in [1.54, 1.807) is 6.20 Å². The first kappa shape index (κ1) is 18.1. The van der Waals surface area contributed by atoms with Crippen molar-refractivity contribution in [2.75, 3.05) is 5.32 Å². The topological polar surface area (TPSA) is 64.7 Å². The molecule has 1 aromatic carbocycles. The number of rotatable bonds is 6. The number of benzene rings is 1. The zero-order valence-corrected chi connectivity index (χ0v) is 17.4. The number of amides is 1. The summed E-state index contributed by atoms with van der Waals surface area (Å²) in [6.07, 6.45) is 6.00. The predicted molar refractivity (Wildman–Crippen MR) is 108 cm³/mol. The number of halogens is 2. The lowest BCUT2D eigenvalue weighted by molar-refractivity contribution is -0.116. The van der Waals surface area contributed by atoms with E-state index < -0.39 is 0 Å². The number of carbonyl (C=O) groups is 1. The van der Waals surface area contributed by atoms with E-state index in [4.69, 9.17) is 0 Å². The molecule has 0 saturated heterocycles. The molecule has 3 aromatic rings. The van der Waals surface area contributed by atoms with Gasteiger partial charge in [0, 0.05) is 31.0 Å². The summed E-state index contributed by atoms with van der Waals surface area (Å²) < 4.78 is 5.70. The monoisotopic (exact) mass is 513 g/mol. The van der Waals surface area contributed by atoms with Crippen LogP contribution in [0, 0.1) is 10.5 Å². The van der Waals surface area contributed by atoms with E-state index in [0.29, 0.717) is 19.5 Å². The molecule has 0 aliphatic carbocycles. The molecule has 0 bridgehead atoms. The lowest BCUT2D eigenvalue weighted by Crippen LogP contribution is -2.15. The minimum atomic E-state index is -0.0258. The van der Waals surface area contributed by atoms with E-state index in [9.17, 15) is 4.79 Å². The molecule has 0 radical (unpaired) electrons. The fourth-order valence-corrected chi connectivity index (χ4v) is 3.16. The van der Waals surface area contributed by atoms with Gasteiger partial charge in [0.15, 0.2) is 0 Å². The summed E-state index contributed by atoms with van der Waals surface area (Å²) in [5.74, 6) is -0.0258. The van der Waals surface area contributed by atoms with Gasteiger partial charge in [0.05, 0.1) is 26.5 Å². The summed E-state index contributed by atoms with van der Waals surface area (Å²) in [4.78, 5) is 12.2. The van der Waals surface area contributed by atoms with Gasteiger partial charge in [-0.1, -0.05) is 12.1 Å². The van der Waals surface area contributed by atoms with Gasteiger partial charge in [-0.2, -0.15) is 10.2 Å². The van der Waals surface area contributed by atoms with Gasteiger partial charge < -0.3 is 5.32 Å². The molecule has 0 atom stereocenters. The Morgan fingerprint density at radius 2 is 2.16 bits per heavy atom. The van der Waals surface area contributed by atoms with Gasteiger partial charge in [-0.3, -0.25) is 14.2 Å². The molecule has 8 heteroatoms. The Labute approximate surface area is 167 Å². The lowest BCUT2D eigenvalue weighted by Gasteiger charge is -2.08. The van der Waals surface area contributed by atoms with E-state index in [1.807, 2.05) is 52.9 Å². The molecule has 0 unspecified atom stereocenters. The summed E-state index contributed by atoms with van der Waals surface area (Å²) in [5.41, 5.74) is 2.85. The zero-order valence-electron chi connectivity index (χ0n) is 13.6. The van der Waals surface area contributed by atoms with Crippen molar-refractivity contribution >= 4 is 50.1 Å². The molecule has 6 nitrogen and oxygen atoms in total. The van der Waals surface area contributed by atoms with Crippen LogP contribution in [0.2, 0.25) is 0 Å². The van der Waals surface area contributed by atoms with Crippen molar-refractivity contribution in [1.29, 1.82) is 0 Å². The van der Waals surface area contributed by atoms with Crippen LogP contribution in [0.1, 0.15) is 17.7 Å². The summed E-state index contributed by atoms with van der Waals surface area (Å²) in [6.45, 7) is 3.18. The Kier molecular flexibility index (Phi) is 5.89. The number of carbonyl (C=O) groups excluding carboxylic acids is 1. The molecule has 3 rings (SSSR count). The number of anilines is 1. The molecule has 1 amide bonds. The molecule has 130 valence electrons. The zero-order chi connectivity index (χ0) is 17.8. The molecule has 0 fully saturated rings. The van der Waals surface area contributed by atoms with Crippen molar-refractivity contribution < 1.29 is 4.79 Å². The smallest absolute Gasteiger partial charge is 0.226 e. The molecular weight excluding hydrogens is 497 g/mol. The van der Waals surface area contributed by atoms with Crippen LogP contribution in [-0.2, 0) is 17.9 Å². The van der Waals surface area contributed by atoms with Crippen LogP contribution < -0.4 is 5.32 Å². The van der Waals surface area contributed by atoms with Gasteiger partial charge >= 0.3 is 0 Å². The summed E-state index contributed by atoms with van der Waals surface area (Å²) >= 11 is 5.63. The Morgan fingerprint density at radius 3 is 2.84 bits per heavy atom. The van der Waals surface area contributed by atoms with Crippen molar-refractivity contribution in [1.82, 2.24) is 19.6 Å². The number of aryl methyl sites for hydroxylation is 2. The Hall–Kier alpha value is -1.68. The first-order valence-electron chi connectivity index (χ1n) is 7.76. The molecule has 0 aliphatic rings. The van der Waals surface area contributed by atoms with Gasteiger partial charge in [-0.25, -0.2) is 0 Å². The summed E-state index contributed by atoms with van der Waals surface area (Å²) in [7, 11) is 0. The highest BCUT2D eigenvalue weighted by Crippen LogP contribution is 2.14. The molecule has 25 heavy (non-hydrogen) atoms. The maximum atomic E-state index is 12.2. The van der Waals surface area contributed by atoms with E-state index >= 15 is 0 Å². The quantitative estimate of drug-likeness (QED) is 0.509. The number of hydrogen-bond acceptors (Lipinski definition) is 3. The third-order valence-electron chi connectivity index (χ3n) is 3.61. The minimum Gasteiger partial charge on any atom is -0.326 e. The Morgan fingerprint density at radius 1 is 1.32 bits per heavy atom. The number of nitrogens with one attached hydrogen (secondary N) is 1. The van der Waals surface area contributed by atoms with Crippen LogP contribution in [0.4, 0.5) is 5.69 Å². The maximum Gasteiger partial charge on any atom is 0.226 e. The fourth-order valence-electron chi connectivity index (χ4n) is 2.41. The first-order chi connectivity index (χ1) is 12.0. The van der Waals surface area contributed by atoms with Crippen molar-refractivity contribution in [3.8, 4) is 0 Å². The number of hydrogen-bond donors (Lipinski definition) is 1. The highest BCUT2D eigenvalue weighted by Gasteiger charge is 2.06. The normalized spacial score (nSPS) is 10.8. The first-order valence-corrected chi connectivity index (χ1v) is 9.63. The van der Waals surface area contributed by atoms with Crippen LogP contribution in [-0.4, -0.2) is 25.5 Å². The van der Waals surface area contributed by atoms with Crippen molar-refractivity contribution in [2.24, 2.45) is 0 Å². The van der Waals surface area contributed by atoms with Gasteiger partial charge in [0.1, 0.15) is 0 Å². The van der Waals surface area contributed by atoms with Crippen molar-refractivity contribution in [3.05, 3.63) is 62.2 Å². The average molecular weight is 514 g/mol. The van der Waals surface area contributed by atoms with Crippen LogP contribution in [0.5, 0.6) is 0 Å². The minimum absolute atomic E-state index is 0.0258. The van der Waals surface area contributed by atoms with E-state index in [-0.39, 0.29) is 5.91 Å². The Bertz CT molecular complexity index is 869. The van der Waals surface area contributed by atoms with E-state index in [0.717, 1.165) is 25.0 Å². The molecule has 1 N–H and O–H groups in total. The molecule has 0 aliphatic heterocycles. The van der Waals surface area contributed by atoms with Crippen LogP contribution in [0.3, 0.4) is 0 Å². The largest absolute Gasteiger partial charge is 0.326 e. The maximum absolute atomic E-state index is 12.2. The van der Waals surface area contributed by atoms with Crippen LogP contribution >= 0.6 is 38.5 Å². The highest BCUT2D eigenvalue weighted by atomic mass is 127. The van der Waals surface area contributed by atoms with Gasteiger partial charge in [0.25, 0.3) is 0 Å². The summed E-state index contributed by atoms with van der Waals surface area (Å²) in [5, 5.41) is 11.6. The van der Waals surface area contributed by atoms with E-state index in [2.05, 4.69) is 54.0 Å². The van der Waals surface area contributed by atoms with E-state index in [1.165, 1.54) is 0 Å². The highest BCUT2D eigenvalue weighted by molar-refractivity contribution is 14.1. The Balaban J connectivity index is 1.56. The second kappa shape index (κ2) is 8.13. The molecular formula is C17H17BrIN5O. The second-order valence-corrected chi connectivity index (χ2v) is 7.76. The van der Waals surface area contributed by atoms with Gasteiger partial charge in [-0.15, -0.1) is 0 Å². The van der Waals surface area contributed by atoms with Gasteiger partial charge in [-0.05, 0) is 63.1 Å². The molecule has 0 spiro atoms. The van der Waals surface area contributed by atoms with Gasteiger partial charge in [0.2, 0.25) is 5.91 Å². The second-order valence-electron chi connectivity index (χ2n) is 5.68. The standard InChI is InChI=1S/C17H17BrIN5O/c1-12-16(19)11-23(22-12)6-5-17(25)21-15-4-2-3-13(7-15)9-24-10-14(18)8-20-24/h2-4,7-8,10-11H,5-6,9H2,1H3,(H,21,25). The predicted octanol–water partition coefficient (Wildman–Crippen LogP) is 3.83. The SMILES string of the molecule is Cc1nn(CCC(=O)Nc2cccc(Cn3cc(Br)cn3)c2)cc1I. The number of aromatic nitrogens is 4. The van der Waals surface area contributed by atoms with Crippen molar-refractivity contribution in [2.45, 2.75) is 26.4 Å². The molecule has 2 heterocycles. The summed E-state index contributed by atoms with van der Waals surface area (Å²) in [6, 6.07) is 7.80. The third-order valence-corrected chi connectivity index (χ3v) is 5.08. The fraction of sp³-hybridized carbons (Fsp3) is 0.235. The lowest BCUT2D eigenvalue weighted by atomic mass is 10.2.